The van der Waals surface area contributed by atoms with E-state index in [1.807, 2.05) is 42.5 Å². The molecule has 0 saturated heterocycles. The first-order chi connectivity index (χ1) is 17.8. The summed E-state index contributed by atoms with van der Waals surface area (Å²) in [4.78, 5) is 24.6. The van der Waals surface area contributed by atoms with E-state index in [9.17, 15) is 24.9 Å². The summed E-state index contributed by atoms with van der Waals surface area (Å²) >= 11 is 0. The van der Waals surface area contributed by atoms with E-state index in [2.05, 4.69) is 0 Å². The van der Waals surface area contributed by atoms with Crippen LogP contribution in [0.3, 0.4) is 0 Å². The van der Waals surface area contributed by atoms with Gasteiger partial charge in [0.25, 0.3) is 0 Å². The highest BCUT2D eigenvalue weighted by Crippen LogP contribution is 2.43. The number of hydrogen-bond donors (Lipinski definition) is 3. The number of allylic oxidation sites excluding steroid dienone is 1. The second kappa shape index (κ2) is 12.4. The van der Waals surface area contributed by atoms with Crippen molar-refractivity contribution in [2.75, 3.05) is 0 Å². The number of carboxylic acid groups (broad SMARTS) is 1. The molecule has 2 fully saturated rings. The molecule has 37 heavy (non-hydrogen) atoms. The van der Waals surface area contributed by atoms with Gasteiger partial charge in [0.05, 0.1) is 23.8 Å². The van der Waals surface area contributed by atoms with Gasteiger partial charge in [-0.1, -0.05) is 74.6 Å². The Kier molecular flexibility index (Phi) is 9.04. The zero-order chi connectivity index (χ0) is 26.4. The fourth-order valence-electron chi connectivity index (χ4n) is 6.10. The van der Waals surface area contributed by atoms with Crippen molar-refractivity contribution in [1.82, 2.24) is 0 Å². The normalized spacial score (nSPS) is 24.9. The summed E-state index contributed by atoms with van der Waals surface area (Å²) in [6.07, 6.45) is 5.75. The molecule has 0 heterocycles. The monoisotopic (exact) mass is 506 g/mol. The highest BCUT2D eigenvalue weighted by molar-refractivity contribution is 5.90. The van der Waals surface area contributed by atoms with Gasteiger partial charge in [0.15, 0.2) is 0 Å². The summed E-state index contributed by atoms with van der Waals surface area (Å²) < 4.78 is 5.87. The molecule has 4 rings (SSSR count). The van der Waals surface area contributed by atoms with Gasteiger partial charge >= 0.3 is 11.9 Å². The summed E-state index contributed by atoms with van der Waals surface area (Å²) in [7, 11) is 0. The Labute approximate surface area is 219 Å². The number of ether oxygens (including phenoxy) is 1. The molecule has 2 aliphatic rings. The lowest BCUT2D eigenvalue weighted by Gasteiger charge is -2.27. The molecule has 0 aliphatic heterocycles. The van der Waals surface area contributed by atoms with Crippen molar-refractivity contribution >= 4 is 11.9 Å². The number of carbonyl (C=O) groups is 2. The van der Waals surface area contributed by atoms with Crippen LogP contribution in [-0.4, -0.2) is 39.5 Å². The van der Waals surface area contributed by atoms with E-state index in [-0.39, 0.29) is 18.6 Å². The lowest BCUT2D eigenvalue weighted by atomic mass is 9.82. The van der Waals surface area contributed by atoms with Gasteiger partial charge in [-0.05, 0) is 48.1 Å². The van der Waals surface area contributed by atoms with Crippen molar-refractivity contribution in [3.63, 3.8) is 0 Å². The van der Waals surface area contributed by atoms with Gasteiger partial charge in [0, 0.05) is 24.7 Å². The van der Waals surface area contributed by atoms with Crippen molar-refractivity contribution < 1.29 is 29.6 Å². The van der Waals surface area contributed by atoms with E-state index in [4.69, 9.17) is 4.74 Å². The summed E-state index contributed by atoms with van der Waals surface area (Å²) in [6.45, 7) is 1.78. The Hall–Kier alpha value is -3.12. The first-order valence-electron chi connectivity index (χ1n) is 13.5. The minimum atomic E-state index is -1.02. The van der Waals surface area contributed by atoms with E-state index in [0.717, 1.165) is 17.5 Å². The Balaban J connectivity index is 1.49. The maximum atomic E-state index is 13.1. The number of aliphatic carboxylic acids is 1. The van der Waals surface area contributed by atoms with E-state index >= 15 is 0 Å². The second-order valence-corrected chi connectivity index (χ2v) is 10.7. The molecule has 0 spiro atoms. The molecule has 0 aromatic heterocycles. The Bertz CT molecular complexity index is 1080. The number of esters is 1. The van der Waals surface area contributed by atoms with Crippen LogP contribution in [0, 0.1) is 17.8 Å². The van der Waals surface area contributed by atoms with Gasteiger partial charge in [-0.3, -0.25) is 4.79 Å². The molecular weight excluding hydrogens is 468 g/mol. The number of aliphatic hydroxyl groups excluding tert-OH is 2. The smallest absolute Gasteiger partial charge is 0.338 e. The molecule has 2 saturated carbocycles. The van der Waals surface area contributed by atoms with Crippen molar-refractivity contribution in [1.29, 1.82) is 0 Å². The standard InChI is InChI=1S/C31H38O6/c1-20(26(32)17-12-21-8-4-2-5-9-21)30-25(18-29(34)35)27(33)19-28(30)37-31(36)24-15-13-23(14-16-24)22-10-6-3-7-11-22/h3,6-7,10-11,13-16,21,25,27-28,30,32-33H,2,4-5,8-9,12,17-19H2,1H3,(H,34,35)/t25-,27-,28+,30+/m0/s1. The second-order valence-electron chi connectivity index (χ2n) is 10.7. The number of carbonyl (C=O) groups excluding carboxylic acids is 1. The topological polar surface area (TPSA) is 104 Å². The zero-order valence-corrected chi connectivity index (χ0v) is 21.5. The molecule has 198 valence electrons. The van der Waals surface area contributed by atoms with Gasteiger partial charge in [0.1, 0.15) is 6.10 Å². The van der Waals surface area contributed by atoms with E-state index in [1.54, 1.807) is 19.1 Å². The molecular formula is C31H38O6. The number of aliphatic hydroxyl groups is 2. The summed E-state index contributed by atoms with van der Waals surface area (Å²) in [5, 5.41) is 31.2. The molecule has 6 heteroatoms. The number of benzene rings is 2. The first-order valence-corrected chi connectivity index (χ1v) is 13.5. The predicted molar refractivity (Wildman–Crippen MR) is 142 cm³/mol. The summed E-state index contributed by atoms with van der Waals surface area (Å²) in [6, 6.07) is 17.0. The molecule has 4 atom stereocenters. The summed E-state index contributed by atoms with van der Waals surface area (Å²) in [5.74, 6) is -1.90. The molecule has 0 radical (unpaired) electrons. The molecule has 0 bridgehead atoms. The Morgan fingerprint density at radius 2 is 1.57 bits per heavy atom. The van der Waals surface area contributed by atoms with Crippen molar-refractivity contribution in [3.05, 3.63) is 71.5 Å². The van der Waals surface area contributed by atoms with Crippen LogP contribution in [-0.2, 0) is 9.53 Å². The SMILES string of the molecule is CC(=C(O)CCC1CCCCC1)[C@@H]1[C@@H](CC(=O)O)[C@@H](O)C[C@H]1OC(=O)c1ccc(-c2ccccc2)cc1. The van der Waals surface area contributed by atoms with Gasteiger partial charge in [0.2, 0.25) is 0 Å². The molecule has 3 N–H and O–H groups in total. The van der Waals surface area contributed by atoms with Crippen LogP contribution in [0.25, 0.3) is 11.1 Å². The van der Waals surface area contributed by atoms with Crippen LogP contribution < -0.4 is 0 Å². The molecule has 0 amide bonds. The number of hydrogen-bond acceptors (Lipinski definition) is 5. The minimum absolute atomic E-state index is 0.143. The summed E-state index contributed by atoms with van der Waals surface area (Å²) in [5.41, 5.74) is 3.03. The number of rotatable bonds is 9. The van der Waals surface area contributed by atoms with Crippen LogP contribution in [0.2, 0.25) is 0 Å². The maximum Gasteiger partial charge on any atom is 0.338 e. The lowest BCUT2D eigenvalue weighted by molar-refractivity contribution is -0.139. The van der Waals surface area contributed by atoms with Crippen molar-refractivity contribution in [3.8, 4) is 11.1 Å². The first kappa shape index (κ1) is 26.9. The fraction of sp³-hybridized carbons (Fsp3) is 0.484. The number of carboxylic acids is 1. The van der Waals surface area contributed by atoms with Crippen LogP contribution in [0.4, 0.5) is 0 Å². The quantitative estimate of drug-likeness (QED) is 0.263. The van der Waals surface area contributed by atoms with Gasteiger partial charge < -0.3 is 20.1 Å². The van der Waals surface area contributed by atoms with Crippen LogP contribution in [0.5, 0.6) is 0 Å². The van der Waals surface area contributed by atoms with E-state index in [0.29, 0.717) is 23.5 Å². The van der Waals surface area contributed by atoms with Crippen molar-refractivity contribution in [2.45, 2.75) is 76.9 Å². The lowest BCUT2D eigenvalue weighted by Crippen LogP contribution is -2.29. The van der Waals surface area contributed by atoms with Gasteiger partial charge in [-0.2, -0.15) is 0 Å². The average Bonchev–Trinajstić information content (AvgIpc) is 3.21. The highest BCUT2D eigenvalue weighted by Gasteiger charge is 2.47. The Morgan fingerprint density at radius 1 is 0.919 bits per heavy atom. The minimum Gasteiger partial charge on any atom is -0.512 e. The maximum absolute atomic E-state index is 13.1. The molecule has 2 aromatic carbocycles. The predicted octanol–water partition coefficient (Wildman–Crippen LogP) is 6.54. The van der Waals surface area contributed by atoms with Crippen molar-refractivity contribution in [2.24, 2.45) is 17.8 Å². The largest absolute Gasteiger partial charge is 0.512 e. The Morgan fingerprint density at radius 3 is 2.22 bits per heavy atom. The van der Waals surface area contributed by atoms with E-state index in [1.165, 1.54) is 32.1 Å². The molecule has 6 nitrogen and oxygen atoms in total. The zero-order valence-electron chi connectivity index (χ0n) is 21.5. The third kappa shape index (κ3) is 6.80. The van der Waals surface area contributed by atoms with E-state index < -0.39 is 36.0 Å². The molecule has 2 aliphatic carbocycles. The van der Waals surface area contributed by atoms with Gasteiger partial charge in [-0.25, -0.2) is 4.79 Å². The molecule has 2 aromatic rings. The van der Waals surface area contributed by atoms with Crippen LogP contribution >= 0.6 is 0 Å². The fourth-order valence-corrected chi connectivity index (χ4v) is 6.10. The average molecular weight is 507 g/mol. The van der Waals surface area contributed by atoms with Crippen LogP contribution in [0.15, 0.2) is 65.9 Å². The van der Waals surface area contributed by atoms with Crippen LogP contribution in [0.1, 0.15) is 75.1 Å². The molecule has 0 unspecified atom stereocenters. The van der Waals surface area contributed by atoms with Gasteiger partial charge in [-0.15, -0.1) is 0 Å². The highest BCUT2D eigenvalue weighted by atomic mass is 16.5. The third-order valence-electron chi connectivity index (χ3n) is 8.20. The third-order valence-corrected chi connectivity index (χ3v) is 8.20.